The van der Waals surface area contributed by atoms with E-state index in [1.54, 1.807) is 31.2 Å². The maximum atomic E-state index is 14.0. The average Bonchev–Trinajstić information content (AvgIpc) is 3.10. The minimum Gasteiger partial charge on any atom is -0.507 e. The fraction of sp³-hybridized carbons (Fsp3) is 0.282. The predicted molar refractivity (Wildman–Crippen MR) is 181 cm³/mol. The van der Waals surface area contributed by atoms with Crippen LogP contribution in [0.1, 0.15) is 54.7 Å². The number of carbonyl (C=O) groups is 4. The lowest BCUT2D eigenvalue weighted by molar-refractivity contribution is -0.280. The molecule has 12 heteroatoms. The molecule has 1 aliphatic rings. The molecule has 0 unspecified atom stereocenters. The Hall–Kier alpha value is -5.88. The Morgan fingerprint density at radius 1 is 0.647 bits per heavy atom. The molecule has 1 heterocycles. The molecule has 5 rings (SSSR count). The Bertz CT molecular complexity index is 1820. The highest BCUT2D eigenvalue weighted by molar-refractivity contribution is 6.12. The van der Waals surface area contributed by atoms with Crippen LogP contribution in [0.2, 0.25) is 0 Å². The molecule has 266 valence electrons. The summed E-state index contributed by atoms with van der Waals surface area (Å²) in [5, 5.41) is 11.3. The van der Waals surface area contributed by atoms with Crippen molar-refractivity contribution in [3.05, 3.63) is 119 Å². The Labute approximate surface area is 294 Å². The maximum absolute atomic E-state index is 14.0. The Kier molecular flexibility index (Phi) is 11.9. The second-order valence-electron chi connectivity index (χ2n) is 11.8. The number of rotatable bonds is 13. The highest BCUT2D eigenvalue weighted by Gasteiger charge is 2.52. The third-order valence-electron chi connectivity index (χ3n) is 7.77. The molecule has 0 aliphatic carbocycles. The van der Waals surface area contributed by atoms with Gasteiger partial charge in [0, 0.05) is 38.5 Å². The van der Waals surface area contributed by atoms with Crippen molar-refractivity contribution in [2.45, 2.75) is 71.6 Å². The molecule has 51 heavy (non-hydrogen) atoms. The molecular weight excluding hydrogens is 660 g/mol. The van der Waals surface area contributed by atoms with E-state index < -0.39 is 60.1 Å². The van der Waals surface area contributed by atoms with E-state index in [1.807, 2.05) is 60.7 Å². The summed E-state index contributed by atoms with van der Waals surface area (Å²) in [7, 11) is 0. The van der Waals surface area contributed by atoms with Crippen LogP contribution in [0.5, 0.6) is 23.0 Å². The smallest absolute Gasteiger partial charge is 0.303 e. The molecule has 0 amide bonds. The number of benzene rings is 4. The second kappa shape index (κ2) is 16.7. The summed E-state index contributed by atoms with van der Waals surface area (Å²) in [6.07, 6.45) is -6.44. The number of carbonyl (C=O) groups excluding carboxylic acids is 4. The van der Waals surface area contributed by atoms with E-state index in [9.17, 15) is 24.3 Å². The lowest BCUT2D eigenvalue weighted by atomic mass is 9.98. The predicted octanol–water partition coefficient (Wildman–Crippen LogP) is 5.70. The zero-order valence-electron chi connectivity index (χ0n) is 28.5. The van der Waals surface area contributed by atoms with E-state index >= 15 is 0 Å². The van der Waals surface area contributed by atoms with Crippen LogP contribution in [0.3, 0.4) is 0 Å². The topological polar surface area (TPSA) is 153 Å². The van der Waals surface area contributed by atoms with Gasteiger partial charge in [-0.1, -0.05) is 60.7 Å². The Morgan fingerprint density at radius 3 is 1.71 bits per heavy atom. The second-order valence-corrected chi connectivity index (χ2v) is 11.8. The van der Waals surface area contributed by atoms with Crippen molar-refractivity contribution in [2.24, 2.45) is 0 Å². The van der Waals surface area contributed by atoms with E-state index in [4.69, 9.17) is 33.2 Å². The van der Waals surface area contributed by atoms with Gasteiger partial charge in [-0.2, -0.15) is 0 Å². The van der Waals surface area contributed by atoms with Crippen LogP contribution >= 0.6 is 0 Å². The van der Waals surface area contributed by atoms with Crippen LogP contribution in [-0.2, 0) is 46.5 Å². The van der Waals surface area contributed by atoms with Crippen LogP contribution in [0.25, 0.3) is 0 Å². The molecule has 1 aliphatic heterocycles. The number of phenolic OH excluding ortho intramolecular Hbond substituents is 1. The van der Waals surface area contributed by atoms with Crippen LogP contribution in [0, 0.1) is 0 Å². The van der Waals surface area contributed by atoms with E-state index in [1.165, 1.54) is 19.1 Å². The summed E-state index contributed by atoms with van der Waals surface area (Å²) in [5.74, 6) is -2.81. The summed E-state index contributed by atoms with van der Waals surface area (Å²) in [6.45, 7) is 5.45. The Morgan fingerprint density at radius 2 is 1.16 bits per heavy atom. The summed E-state index contributed by atoms with van der Waals surface area (Å²) >= 11 is 0. The van der Waals surface area contributed by atoms with Crippen LogP contribution < -0.4 is 14.2 Å². The molecule has 0 aromatic heterocycles. The minimum absolute atomic E-state index is 0.128. The zero-order valence-corrected chi connectivity index (χ0v) is 28.5. The molecule has 4 aromatic carbocycles. The van der Waals surface area contributed by atoms with Crippen molar-refractivity contribution in [3.8, 4) is 23.0 Å². The lowest BCUT2D eigenvalue weighted by Crippen LogP contribution is -2.62. The normalized spacial score (nSPS) is 19.6. The first-order valence-electron chi connectivity index (χ1n) is 16.2. The maximum Gasteiger partial charge on any atom is 0.303 e. The molecular formula is C39H38O12. The number of hydrogen-bond donors (Lipinski definition) is 1. The van der Waals surface area contributed by atoms with Gasteiger partial charge in [-0.25, -0.2) is 0 Å². The third-order valence-corrected chi connectivity index (χ3v) is 7.77. The van der Waals surface area contributed by atoms with Crippen LogP contribution in [0.15, 0.2) is 97.1 Å². The summed E-state index contributed by atoms with van der Waals surface area (Å²) in [4.78, 5) is 50.5. The van der Waals surface area contributed by atoms with Gasteiger partial charge < -0.3 is 38.3 Å². The lowest BCUT2D eigenvalue weighted by Gasteiger charge is -2.43. The fourth-order valence-electron chi connectivity index (χ4n) is 5.50. The highest BCUT2D eigenvalue weighted by atomic mass is 16.7. The summed E-state index contributed by atoms with van der Waals surface area (Å²) in [5.41, 5.74) is 1.76. The van der Waals surface area contributed by atoms with Crippen molar-refractivity contribution >= 4 is 23.7 Å². The van der Waals surface area contributed by atoms with Gasteiger partial charge in [0.05, 0.1) is 6.10 Å². The summed E-state index contributed by atoms with van der Waals surface area (Å²) < 4.78 is 40.5. The monoisotopic (exact) mass is 698 g/mol. The van der Waals surface area contributed by atoms with Crippen molar-refractivity contribution in [1.82, 2.24) is 0 Å². The first-order chi connectivity index (χ1) is 24.5. The van der Waals surface area contributed by atoms with E-state index in [-0.39, 0.29) is 29.2 Å². The first-order valence-corrected chi connectivity index (χ1v) is 16.2. The van der Waals surface area contributed by atoms with Gasteiger partial charge in [0.2, 0.25) is 18.2 Å². The molecule has 4 aromatic rings. The fourth-order valence-corrected chi connectivity index (χ4v) is 5.50. The third kappa shape index (κ3) is 9.64. The number of ketones is 1. The molecule has 0 radical (unpaired) electrons. The number of esters is 3. The molecule has 1 N–H and O–H groups in total. The summed E-state index contributed by atoms with van der Waals surface area (Å²) in [6, 6.07) is 27.9. The number of ether oxygens (including phenoxy) is 7. The van der Waals surface area contributed by atoms with Crippen molar-refractivity contribution in [3.63, 3.8) is 0 Å². The minimum atomic E-state index is -1.51. The van der Waals surface area contributed by atoms with Gasteiger partial charge in [0.15, 0.2) is 12.2 Å². The molecule has 1 saturated heterocycles. The quantitative estimate of drug-likeness (QED) is 0.104. The molecule has 5 atom stereocenters. The number of hydrogen-bond acceptors (Lipinski definition) is 12. The standard InChI is InChI=1S/C39H38O12/c1-23-36(48-24(2)40)37(49-25(3)41)38(50-26(4)42)39(47-23)51-33-20-31(46-22-28-13-9-6-10-14-28)19-32(43)34(33)35(44)29-15-17-30(18-16-29)45-21-27-11-7-5-8-12-27/h5-20,23,36-39,43H,21-22H2,1-4H3/t23-,36-,37+,38+,39-/m0/s1. The van der Waals surface area contributed by atoms with Crippen molar-refractivity contribution in [1.29, 1.82) is 0 Å². The van der Waals surface area contributed by atoms with Crippen LogP contribution in [0.4, 0.5) is 0 Å². The average molecular weight is 699 g/mol. The Balaban J connectivity index is 1.49. The molecule has 0 saturated carbocycles. The zero-order chi connectivity index (χ0) is 36.5. The van der Waals surface area contributed by atoms with Gasteiger partial charge in [0.25, 0.3) is 0 Å². The first kappa shape index (κ1) is 36.4. The van der Waals surface area contributed by atoms with E-state index in [2.05, 4.69) is 0 Å². The molecule has 0 bridgehead atoms. The van der Waals surface area contributed by atoms with E-state index in [0.717, 1.165) is 25.0 Å². The van der Waals surface area contributed by atoms with Gasteiger partial charge >= 0.3 is 17.9 Å². The van der Waals surface area contributed by atoms with Crippen molar-refractivity contribution < 1.29 is 57.4 Å². The molecule has 0 spiro atoms. The van der Waals surface area contributed by atoms with Gasteiger partial charge in [-0.05, 0) is 42.3 Å². The van der Waals surface area contributed by atoms with Gasteiger partial charge in [0.1, 0.15) is 41.8 Å². The molecule has 12 nitrogen and oxygen atoms in total. The van der Waals surface area contributed by atoms with E-state index in [0.29, 0.717) is 12.4 Å². The number of aromatic hydroxyl groups is 1. The highest BCUT2D eigenvalue weighted by Crippen LogP contribution is 2.39. The SMILES string of the molecule is CC(=O)O[C@@H]1[C@@H](OC(C)=O)[C@H](C)O[C@@H](Oc2cc(OCc3ccccc3)cc(O)c2C(=O)c2ccc(OCc3ccccc3)cc2)[C@@H]1OC(C)=O. The van der Waals surface area contributed by atoms with Crippen LogP contribution in [-0.4, -0.2) is 59.5 Å². The number of phenols is 1. The largest absolute Gasteiger partial charge is 0.507 e. The van der Waals surface area contributed by atoms with Gasteiger partial charge in [-0.15, -0.1) is 0 Å². The van der Waals surface area contributed by atoms with Crippen molar-refractivity contribution in [2.75, 3.05) is 0 Å². The molecule has 1 fully saturated rings. The van der Waals surface area contributed by atoms with Gasteiger partial charge in [-0.3, -0.25) is 19.2 Å².